The summed E-state index contributed by atoms with van der Waals surface area (Å²) in [6.45, 7) is 6.02. The second kappa shape index (κ2) is 5.80. The van der Waals surface area contributed by atoms with Crippen LogP contribution in [0.2, 0.25) is 0 Å². The first-order valence-electron chi connectivity index (χ1n) is 7.10. The molecular weight excluding hydrogens is 284 g/mol. The Labute approximate surface area is 127 Å². The molecule has 1 aromatic rings. The van der Waals surface area contributed by atoms with Crippen LogP contribution in [0, 0.1) is 24.7 Å². The molecule has 0 spiro atoms. The predicted molar refractivity (Wildman–Crippen MR) is 84.2 cm³/mol. The van der Waals surface area contributed by atoms with Gasteiger partial charge in [0, 0.05) is 11.1 Å². The average molecular weight is 306 g/mol. The monoisotopic (exact) mass is 306 g/mol. The van der Waals surface area contributed by atoms with Gasteiger partial charge in [-0.15, -0.1) is 0 Å². The van der Waals surface area contributed by atoms with Crippen LogP contribution in [0.1, 0.15) is 37.8 Å². The van der Waals surface area contributed by atoms with Gasteiger partial charge in [0.15, 0.2) is 0 Å². The first-order valence-corrected chi connectivity index (χ1v) is 8.58. The first-order chi connectivity index (χ1) is 9.76. The lowest BCUT2D eigenvalue weighted by Gasteiger charge is -2.25. The molecule has 0 radical (unpaired) electrons. The van der Waals surface area contributed by atoms with E-state index in [0.29, 0.717) is 5.92 Å². The van der Waals surface area contributed by atoms with Gasteiger partial charge in [0.1, 0.15) is 0 Å². The van der Waals surface area contributed by atoms with Gasteiger partial charge in [-0.1, -0.05) is 11.8 Å². The van der Waals surface area contributed by atoms with E-state index >= 15 is 0 Å². The fourth-order valence-corrected chi connectivity index (χ4v) is 3.94. The molecule has 4 nitrogen and oxygen atoms in total. The molecule has 1 aliphatic rings. The maximum Gasteiger partial charge on any atom is 0.241 e. The Hall–Kier alpha value is -1.35. The van der Waals surface area contributed by atoms with E-state index in [-0.39, 0.29) is 11.4 Å². The topological polar surface area (TPSA) is 72.2 Å². The summed E-state index contributed by atoms with van der Waals surface area (Å²) in [5.74, 6) is 6.15. The number of sulfonamides is 1. The lowest BCUT2D eigenvalue weighted by molar-refractivity contribution is 0.400. The van der Waals surface area contributed by atoms with E-state index in [9.17, 15) is 8.42 Å². The molecule has 2 rings (SSSR count). The summed E-state index contributed by atoms with van der Waals surface area (Å²) in [5, 5.41) is 0. The van der Waals surface area contributed by atoms with E-state index in [2.05, 4.69) is 16.6 Å². The van der Waals surface area contributed by atoms with E-state index in [1.165, 1.54) is 0 Å². The van der Waals surface area contributed by atoms with Crippen molar-refractivity contribution in [2.24, 2.45) is 11.7 Å². The van der Waals surface area contributed by atoms with E-state index in [4.69, 9.17) is 5.73 Å². The van der Waals surface area contributed by atoms with Crippen molar-refractivity contribution in [3.05, 3.63) is 29.3 Å². The summed E-state index contributed by atoms with van der Waals surface area (Å²) >= 11 is 0. The summed E-state index contributed by atoms with van der Waals surface area (Å²) in [6.07, 6.45) is 2.17. The van der Waals surface area contributed by atoms with Crippen LogP contribution in [0.15, 0.2) is 23.1 Å². The van der Waals surface area contributed by atoms with E-state index < -0.39 is 15.6 Å². The van der Waals surface area contributed by atoms with Gasteiger partial charge in [-0.2, -0.15) is 0 Å². The largest absolute Gasteiger partial charge is 0.320 e. The molecule has 1 aliphatic carbocycles. The maximum atomic E-state index is 12.5. The quantitative estimate of drug-likeness (QED) is 0.833. The second-order valence-corrected chi connectivity index (χ2v) is 7.77. The van der Waals surface area contributed by atoms with Crippen molar-refractivity contribution >= 4 is 10.0 Å². The van der Waals surface area contributed by atoms with Crippen molar-refractivity contribution in [2.45, 2.75) is 44.0 Å². The molecule has 0 atom stereocenters. The second-order valence-electron chi connectivity index (χ2n) is 6.08. The number of nitrogens with one attached hydrogen (secondary N) is 1. The van der Waals surface area contributed by atoms with Gasteiger partial charge in [0.2, 0.25) is 10.0 Å². The molecule has 1 saturated carbocycles. The van der Waals surface area contributed by atoms with Gasteiger partial charge in [0.05, 0.1) is 11.4 Å². The summed E-state index contributed by atoms with van der Waals surface area (Å²) in [6, 6.07) is 4.99. The Morgan fingerprint density at radius 1 is 1.38 bits per heavy atom. The molecule has 114 valence electrons. The number of benzene rings is 1. The third-order valence-electron chi connectivity index (χ3n) is 3.83. The molecule has 0 amide bonds. The molecule has 0 unspecified atom stereocenters. The van der Waals surface area contributed by atoms with E-state index in [0.717, 1.165) is 24.0 Å². The summed E-state index contributed by atoms with van der Waals surface area (Å²) < 4.78 is 27.8. The van der Waals surface area contributed by atoms with E-state index in [1.807, 2.05) is 20.8 Å². The average Bonchev–Trinajstić information content (AvgIpc) is 3.20. The van der Waals surface area contributed by atoms with Crippen molar-refractivity contribution in [3.8, 4) is 11.8 Å². The van der Waals surface area contributed by atoms with Gasteiger partial charge in [0.25, 0.3) is 0 Å². The van der Waals surface area contributed by atoms with Gasteiger partial charge < -0.3 is 5.73 Å². The van der Waals surface area contributed by atoms with Crippen molar-refractivity contribution in [1.29, 1.82) is 0 Å². The highest BCUT2D eigenvalue weighted by Crippen LogP contribution is 2.39. The molecule has 1 aromatic carbocycles. The molecule has 0 heterocycles. The maximum absolute atomic E-state index is 12.5. The minimum Gasteiger partial charge on any atom is -0.320 e. The van der Waals surface area contributed by atoms with E-state index in [1.54, 1.807) is 18.2 Å². The van der Waals surface area contributed by atoms with Crippen LogP contribution in [-0.2, 0) is 10.0 Å². The van der Waals surface area contributed by atoms with Crippen molar-refractivity contribution in [2.75, 3.05) is 6.54 Å². The Morgan fingerprint density at radius 2 is 2.05 bits per heavy atom. The first kappa shape index (κ1) is 16.0. The lowest BCUT2D eigenvalue weighted by atomic mass is 10.0. The predicted octanol–water partition coefficient (Wildman–Crippen LogP) is 1.77. The molecule has 0 saturated heterocycles. The fourth-order valence-electron chi connectivity index (χ4n) is 2.38. The van der Waals surface area contributed by atoms with Gasteiger partial charge in [-0.25, -0.2) is 13.1 Å². The fraction of sp³-hybridized carbons (Fsp3) is 0.500. The molecule has 0 aliphatic heterocycles. The molecule has 5 heteroatoms. The molecule has 21 heavy (non-hydrogen) atoms. The van der Waals surface area contributed by atoms with Crippen molar-refractivity contribution in [1.82, 2.24) is 4.72 Å². The van der Waals surface area contributed by atoms with Crippen LogP contribution in [-0.4, -0.2) is 20.5 Å². The van der Waals surface area contributed by atoms with Crippen LogP contribution >= 0.6 is 0 Å². The zero-order valence-corrected chi connectivity index (χ0v) is 13.5. The van der Waals surface area contributed by atoms with Crippen LogP contribution < -0.4 is 10.5 Å². The summed E-state index contributed by atoms with van der Waals surface area (Å²) in [5.41, 5.74) is 6.59. The number of hydrogen-bond acceptors (Lipinski definition) is 3. The molecule has 0 aromatic heterocycles. The minimum atomic E-state index is -3.51. The zero-order chi connectivity index (χ0) is 15.7. The van der Waals surface area contributed by atoms with Crippen LogP contribution in [0.3, 0.4) is 0 Å². The number of nitrogens with two attached hydrogens (primary N) is 1. The Bertz CT molecular complexity index is 693. The van der Waals surface area contributed by atoms with Gasteiger partial charge in [-0.3, -0.25) is 0 Å². The smallest absolute Gasteiger partial charge is 0.241 e. The van der Waals surface area contributed by atoms with Crippen molar-refractivity contribution < 1.29 is 8.42 Å². The number of rotatable bonds is 4. The zero-order valence-electron chi connectivity index (χ0n) is 12.7. The standard InChI is InChI=1S/C16H22N2O2S/c1-12-11-15(9-6-13(12)5-4-10-17)21(19,20)18-16(2,3)14-7-8-14/h6,9,11,14,18H,7-8,10,17H2,1-3H3. The summed E-state index contributed by atoms with van der Waals surface area (Å²) in [4.78, 5) is 0.284. The SMILES string of the molecule is Cc1cc(S(=O)(=O)NC(C)(C)C2CC2)ccc1C#CCN. The van der Waals surface area contributed by atoms with Gasteiger partial charge in [-0.05, 0) is 63.3 Å². The lowest BCUT2D eigenvalue weighted by Crippen LogP contribution is -2.45. The third kappa shape index (κ3) is 3.85. The Balaban J connectivity index is 2.26. The van der Waals surface area contributed by atoms with Crippen LogP contribution in [0.25, 0.3) is 0 Å². The highest BCUT2D eigenvalue weighted by molar-refractivity contribution is 7.89. The summed E-state index contributed by atoms with van der Waals surface area (Å²) in [7, 11) is -3.51. The molecule has 0 bridgehead atoms. The number of hydrogen-bond donors (Lipinski definition) is 2. The van der Waals surface area contributed by atoms with Crippen LogP contribution in [0.4, 0.5) is 0 Å². The van der Waals surface area contributed by atoms with Gasteiger partial charge >= 0.3 is 0 Å². The van der Waals surface area contributed by atoms with Crippen LogP contribution in [0.5, 0.6) is 0 Å². The number of aryl methyl sites for hydroxylation is 1. The Morgan fingerprint density at radius 3 is 2.57 bits per heavy atom. The molecule has 3 N–H and O–H groups in total. The third-order valence-corrected chi connectivity index (χ3v) is 5.50. The van der Waals surface area contributed by atoms with Crippen molar-refractivity contribution in [3.63, 3.8) is 0 Å². The highest BCUT2D eigenvalue weighted by Gasteiger charge is 2.40. The molecule has 1 fully saturated rings. The Kier molecular flexibility index (Phi) is 4.43. The molecular formula is C16H22N2O2S. The minimum absolute atomic E-state index is 0.284. The normalized spacial score (nSPS) is 15.4. The highest BCUT2D eigenvalue weighted by atomic mass is 32.2.